The summed E-state index contributed by atoms with van der Waals surface area (Å²) in [6.45, 7) is 3.03. The third kappa shape index (κ3) is 4.70. The van der Waals surface area contributed by atoms with Gasteiger partial charge in [0.25, 0.3) is 11.6 Å². The SMILES string of the molecule is CCc1c(F)ccc2cc(OCOC)cc(-c3c(F)cc4c(=O)[nH]c(OCC56CCCN5C/C(=C\F)C6)nc4c3F)c12. The standard InChI is InChI=1S/C31H29F4N3O4/c1-3-20-23(33)6-5-18-9-19(42-16-40-2)10-21(25(18)20)26-24(34)11-22-28(27(26)35)36-30(37-29(22)39)41-15-31-7-4-8-38(31)14-17(12-31)13-32/h5-6,9-11,13H,3-4,7-8,12,14-16H2,1-2H3,(H,36,37,39)/b17-13-. The van der Waals surface area contributed by atoms with Crippen LogP contribution in [-0.2, 0) is 11.2 Å². The first-order valence-electron chi connectivity index (χ1n) is 13.7. The van der Waals surface area contributed by atoms with E-state index in [1.165, 1.54) is 25.3 Å². The third-order valence-corrected chi connectivity index (χ3v) is 8.30. The van der Waals surface area contributed by atoms with Gasteiger partial charge in [-0.1, -0.05) is 13.0 Å². The van der Waals surface area contributed by atoms with E-state index in [2.05, 4.69) is 14.9 Å². The molecule has 220 valence electrons. The van der Waals surface area contributed by atoms with Crippen LogP contribution in [0.3, 0.4) is 0 Å². The molecule has 0 radical (unpaired) electrons. The molecule has 42 heavy (non-hydrogen) atoms. The van der Waals surface area contributed by atoms with Crippen LogP contribution in [0.15, 0.2) is 47.0 Å². The number of fused-ring (bicyclic) bond motifs is 3. The molecule has 2 aliphatic rings. The lowest BCUT2D eigenvalue weighted by molar-refractivity contribution is 0.0512. The molecule has 3 heterocycles. The summed E-state index contributed by atoms with van der Waals surface area (Å²) < 4.78 is 76.7. The van der Waals surface area contributed by atoms with Crippen LogP contribution in [0.2, 0.25) is 0 Å². The summed E-state index contributed by atoms with van der Waals surface area (Å²) in [5, 5.41) is 0.527. The number of ether oxygens (including phenoxy) is 3. The molecule has 7 nitrogen and oxygen atoms in total. The molecule has 1 unspecified atom stereocenters. The van der Waals surface area contributed by atoms with Crippen molar-refractivity contribution in [3.63, 3.8) is 0 Å². The molecule has 0 aliphatic carbocycles. The Morgan fingerprint density at radius 1 is 1.14 bits per heavy atom. The van der Waals surface area contributed by atoms with Crippen molar-refractivity contribution in [1.82, 2.24) is 14.9 Å². The van der Waals surface area contributed by atoms with E-state index in [1.54, 1.807) is 13.0 Å². The Bertz CT molecular complexity index is 1790. The van der Waals surface area contributed by atoms with Gasteiger partial charge in [0, 0.05) is 13.7 Å². The molecule has 6 rings (SSSR count). The molecule has 1 N–H and O–H groups in total. The van der Waals surface area contributed by atoms with Crippen LogP contribution >= 0.6 is 0 Å². The number of nitrogens with one attached hydrogen (secondary N) is 1. The van der Waals surface area contributed by atoms with Crippen molar-refractivity contribution in [2.45, 2.75) is 38.1 Å². The summed E-state index contributed by atoms with van der Waals surface area (Å²) in [4.78, 5) is 21.8. The molecule has 3 aromatic carbocycles. The first-order chi connectivity index (χ1) is 20.3. The molecular formula is C31H29F4N3O4. The number of benzene rings is 3. The van der Waals surface area contributed by atoms with Gasteiger partial charge >= 0.3 is 0 Å². The number of nitrogens with zero attached hydrogens (tertiary/aromatic N) is 2. The zero-order valence-corrected chi connectivity index (χ0v) is 23.2. The maximum atomic E-state index is 16.3. The van der Waals surface area contributed by atoms with Crippen molar-refractivity contribution in [3.8, 4) is 22.9 Å². The van der Waals surface area contributed by atoms with Crippen molar-refractivity contribution < 1.29 is 31.8 Å². The monoisotopic (exact) mass is 583 g/mol. The predicted octanol–water partition coefficient (Wildman–Crippen LogP) is 6.18. The minimum absolute atomic E-state index is 0.0494. The molecule has 0 bridgehead atoms. The highest BCUT2D eigenvalue weighted by Gasteiger charge is 2.47. The molecule has 1 aromatic heterocycles. The summed E-state index contributed by atoms with van der Waals surface area (Å²) in [6, 6.07) is 6.55. The number of methoxy groups -OCH3 is 1. The van der Waals surface area contributed by atoms with E-state index >= 15 is 8.78 Å². The number of rotatable bonds is 8. The number of H-pyrrole nitrogens is 1. The number of hydrogen-bond donors (Lipinski definition) is 1. The van der Waals surface area contributed by atoms with Gasteiger partial charge in [-0.3, -0.25) is 14.7 Å². The van der Waals surface area contributed by atoms with Crippen LogP contribution < -0.4 is 15.0 Å². The van der Waals surface area contributed by atoms with Gasteiger partial charge in [0.15, 0.2) is 12.6 Å². The Morgan fingerprint density at radius 2 is 1.98 bits per heavy atom. The lowest BCUT2D eigenvalue weighted by Crippen LogP contribution is -2.43. The number of aromatic nitrogens is 2. The first-order valence-corrected chi connectivity index (χ1v) is 13.7. The quantitative estimate of drug-likeness (QED) is 0.197. The van der Waals surface area contributed by atoms with Crippen molar-refractivity contribution >= 4 is 21.7 Å². The van der Waals surface area contributed by atoms with Gasteiger partial charge in [0.1, 0.15) is 29.5 Å². The highest BCUT2D eigenvalue weighted by atomic mass is 19.1. The van der Waals surface area contributed by atoms with Crippen molar-refractivity contribution in [3.05, 3.63) is 75.6 Å². The summed E-state index contributed by atoms with van der Waals surface area (Å²) >= 11 is 0. The van der Waals surface area contributed by atoms with Crippen LogP contribution in [0.25, 0.3) is 32.8 Å². The molecule has 0 saturated carbocycles. The number of hydrogen-bond acceptors (Lipinski definition) is 6. The second-order valence-corrected chi connectivity index (χ2v) is 10.8. The predicted molar refractivity (Wildman–Crippen MR) is 150 cm³/mol. The third-order valence-electron chi connectivity index (χ3n) is 8.30. The fraction of sp³-hybridized carbons (Fsp3) is 0.355. The molecule has 2 fully saturated rings. The van der Waals surface area contributed by atoms with Gasteiger partial charge in [-0.2, -0.15) is 4.98 Å². The smallest absolute Gasteiger partial charge is 0.297 e. The zero-order valence-electron chi connectivity index (χ0n) is 23.2. The molecular weight excluding hydrogens is 554 g/mol. The Morgan fingerprint density at radius 3 is 2.74 bits per heavy atom. The number of aromatic amines is 1. The molecule has 1 atom stereocenters. The van der Waals surface area contributed by atoms with Crippen LogP contribution in [0.5, 0.6) is 11.8 Å². The zero-order chi connectivity index (χ0) is 29.6. The van der Waals surface area contributed by atoms with Crippen molar-refractivity contribution in [2.24, 2.45) is 0 Å². The Balaban J connectivity index is 1.48. The summed E-state index contributed by atoms with van der Waals surface area (Å²) in [7, 11) is 1.44. The maximum Gasteiger partial charge on any atom is 0.297 e. The van der Waals surface area contributed by atoms with Gasteiger partial charge in [-0.25, -0.2) is 17.6 Å². The van der Waals surface area contributed by atoms with E-state index in [0.29, 0.717) is 35.6 Å². The minimum Gasteiger partial charge on any atom is -0.468 e. The summed E-state index contributed by atoms with van der Waals surface area (Å²) in [6.07, 6.45) is 3.06. The second kappa shape index (κ2) is 11.0. The lowest BCUT2D eigenvalue weighted by atomic mass is 9.91. The Hall–Kier alpha value is -3.96. The number of halogens is 4. The van der Waals surface area contributed by atoms with Crippen molar-refractivity contribution in [2.75, 3.05) is 33.6 Å². The second-order valence-electron chi connectivity index (χ2n) is 10.8. The van der Waals surface area contributed by atoms with Crippen LogP contribution in [0.4, 0.5) is 17.6 Å². The Labute approximate surface area is 238 Å². The maximum absolute atomic E-state index is 16.3. The van der Waals surface area contributed by atoms with Gasteiger partial charge in [-0.05, 0) is 84.0 Å². The Kier molecular flexibility index (Phi) is 7.40. The van der Waals surface area contributed by atoms with Crippen LogP contribution in [-0.4, -0.2) is 54.0 Å². The topological polar surface area (TPSA) is 76.7 Å². The van der Waals surface area contributed by atoms with E-state index in [1.807, 2.05) is 0 Å². The largest absolute Gasteiger partial charge is 0.468 e. The minimum atomic E-state index is -1.10. The molecule has 4 aromatic rings. The van der Waals surface area contributed by atoms with E-state index in [4.69, 9.17) is 14.2 Å². The average Bonchev–Trinajstić information content (AvgIpc) is 3.53. The fourth-order valence-electron chi connectivity index (χ4n) is 6.40. The van der Waals surface area contributed by atoms with Gasteiger partial charge in [0.05, 0.1) is 22.8 Å². The van der Waals surface area contributed by atoms with E-state index in [0.717, 1.165) is 25.5 Å². The average molecular weight is 584 g/mol. The molecule has 2 aliphatic heterocycles. The molecule has 11 heteroatoms. The summed E-state index contributed by atoms with van der Waals surface area (Å²) in [5.74, 6) is -2.37. The van der Waals surface area contributed by atoms with Crippen LogP contribution in [0, 0.1) is 17.5 Å². The van der Waals surface area contributed by atoms with E-state index in [9.17, 15) is 13.6 Å². The molecule has 0 amide bonds. The van der Waals surface area contributed by atoms with Crippen molar-refractivity contribution in [1.29, 1.82) is 0 Å². The normalized spacial score (nSPS) is 19.7. The van der Waals surface area contributed by atoms with E-state index in [-0.39, 0.29) is 48.1 Å². The fourth-order valence-corrected chi connectivity index (χ4v) is 6.40. The van der Waals surface area contributed by atoms with E-state index < -0.39 is 39.6 Å². The van der Waals surface area contributed by atoms with Gasteiger partial charge in [0.2, 0.25) is 0 Å². The first kappa shape index (κ1) is 28.2. The summed E-state index contributed by atoms with van der Waals surface area (Å²) in [5.41, 5.74) is -1.11. The van der Waals surface area contributed by atoms with Crippen LogP contribution in [0.1, 0.15) is 31.7 Å². The highest BCUT2D eigenvalue weighted by molar-refractivity contribution is 6.02. The van der Waals surface area contributed by atoms with Gasteiger partial charge in [-0.15, -0.1) is 0 Å². The van der Waals surface area contributed by atoms with Gasteiger partial charge < -0.3 is 14.2 Å². The lowest BCUT2D eigenvalue weighted by Gasteiger charge is -2.30. The number of aryl methyl sites for hydroxylation is 1. The molecule has 2 saturated heterocycles. The highest BCUT2D eigenvalue weighted by Crippen LogP contribution is 2.42. The molecule has 0 spiro atoms.